The fraction of sp³-hybridized carbons (Fsp3) is 0.333. The molecule has 2 aromatic heterocycles. The molecule has 0 fully saturated rings. The van der Waals surface area contributed by atoms with E-state index in [-0.39, 0.29) is 5.56 Å². The van der Waals surface area contributed by atoms with Crippen LogP contribution in [0.5, 0.6) is 0 Å². The lowest BCUT2D eigenvalue weighted by molar-refractivity contribution is 0.179. The molecule has 74 valence electrons. The second kappa shape index (κ2) is 3.26. The number of ether oxygens (including phenoxy) is 1. The maximum absolute atomic E-state index is 11.2. The van der Waals surface area contributed by atoms with Crippen LogP contribution in [0, 0.1) is 6.92 Å². The third kappa shape index (κ3) is 1.42. The number of hydrogen-bond donors (Lipinski definition) is 1. The average molecular weight is 193 g/mol. The van der Waals surface area contributed by atoms with Crippen molar-refractivity contribution in [2.24, 2.45) is 0 Å². The largest absolute Gasteiger partial charge is 0.378 e. The van der Waals surface area contributed by atoms with E-state index in [1.165, 1.54) is 6.07 Å². The van der Waals surface area contributed by atoms with Crippen molar-refractivity contribution >= 4 is 5.65 Å². The van der Waals surface area contributed by atoms with Gasteiger partial charge < -0.3 is 9.72 Å². The quantitative estimate of drug-likeness (QED) is 0.754. The Morgan fingerprint density at radius 2 is 2.36 bits per heavy atom. The molecular weight excluding hydrogens is 182 g/mol. The van der Waals surface area contributed by atoms with Crippen LogP contribution in [0.1, 0.15) is 11.4 Å². The van der Waals surface area contributed by atoms with Gasteiger partial charge >= 0.3 is 0 Å². The van der Waals surface area contributed by atoms with Gasteiger partial charge in [0.25, 0.3) is 5.56 Å². The molecule has 2 rings (SSSR count). The molecule has 5 nitrogen and oxygen atoms in total. The summed E-state index contributed by atoms with van der Waals surface area (Å²) in [5, 5.41) is 4.24. The summed E-state index contributed by atoms with van der Waals surface area (Å²) in [6.07, 6.45) is 0. The fourth-order valence-electron chi connectivity index (χ4n) is 1.43. The van der Waals surface area contributed by atoms with Crippen molar-refractivity contribution in [3.8, 4) is 0 Å². The molecule has 1 N–H and O–H groups in total. The number of rotatable bonds is 2. The molecule has 0 aliphatic heterocycles. The van der Waals surface area contributed by atoms with E-state index in [2.05, 4.69) is 10.1 Å². The van der Waals surface area contributed by atoms with Gasteiger partial charge in [0.2, 0.25) is 0 Å². The van der Waals surface area contributed by atoms with E-state index in [4.69, 9.17) is 4.74 Å². The molecule has 5 heteroatoms. The first kappa shape index (κ1) is 8.96. The number of nitrogens with zero attached hydrogens (tertiary/aromatic N) is 2. The summed E-state index contributed by atoms with van der Waals surface area (Å²) in [6.45, 7) is 2.25. The maximum atomic E-state index is 11.2. The van der Waals surface area contributed by atoms with E-state index < -0.39 is 0 Å². The second-order valence-corrected chi connectivity index (χ2v) is 3.14. The van der Waals surface area contributed by atoms with E-state index in [0.29, 0.717) is 12.3 Å². The third-order valence-corrected chi connectivity index (χ3v) is 1.94. The minimum atomic E-state index is -0.135. The van der Waals surface area contributed by atoms with Crippen LogP contribution in [0.2, 0.25) is 0 Å². The van der Waals surface area contributed by atoms with Crippen molar-refractivity contribution in [3.63, 3.8) is 0 Å². The van der Waals surface area contributed by atoms with Crippen molar-refractivity contribution in [2.45, 2.75) is 13.5 Å². The van der Waals surface area contributed by atoms with Gasteiger partial charge in [-0.3, -0.25) is 4.79 Å². The number of fused-ring (bicyclic) bond motifs is 1. The molecular formula is C9H11N3O2. The van der Waals surface area contributed by atoms with Crippen LogP contribution in [0.25, 0.3) is 5.65 Å². The first-order valence-electron chi connectivity index (χ1n) is 4.28. The van der Waals surface area contributed by atoms with Crippen molar-refractivity contribution < 1.29 is 4.74 Å². The molecule has 0 aliphatic rings. The van der Waals surface area contributed by atoms with E-state index in [0.717, 1.165) is 11.4 Å². The van der Waals surface area contributed by atoms with Crippen LogP contribution in [0.4, 0.5) is 0 Å². The summed E-state index contributed by atoms with van der Waals surface area (Å²) in [5.74, 6) is 0. The number of methoxy groups -OCH3 is 1. The first-order valence-corrected chi connectivity index (χ1v) is 4.28. The predicted molar refractivity (Wildman–Crippen MR) is 51.3 cm³/mol. The van der Waals surface area contributed by atoms with Crippen molar-refractivity contribution in [2.75, 3.05) is 7.11 Å². The molecule has 0 radical (unpaired) electrons. The molecule has 2 heterocycles. The summed E-state index contributed by atoms with van der Waals surface area (Å²) in [5.41, 5.74) is 2.18. The molecule has 0 saturated carbocycles. The third-order valence-electron chi connectivity index (χ3n) is 1.94. The van der Waals surface area contributed by atoms with Gasteiger partial charge in [0.1, 0.15) is 5.65 Å². The molecule has 0 spiro atoms. The number of aryl methyl sites for hydroxylation is 1. The van der Waals surface area contributed by atoms with Crippen LogP contribution >= 0.6 is 0 Å². The Labute approximate surface area is 80.3 Å². The summed E-state index contributed by atoms with van der Waals surface area (Å²) >= 11 is 0. The van der Waals surface area contributed by atoms with Crippen LogP contribution in [-0.2, 0) is 11.3 Å². The van der Waals surface area contributed by atoms with Crippen molar-refractivity contribution in [1.82, 2.24) is 14.6 Å². The Morgan fingerprint density at radius 1 is 1.57 bits per heavy atom. The zero-order valence-electron chi connectivity index (χ0n) is 8.07. The van der Waals surface area contributed by atoms with Gasteiger partial charge in [-0.15, -0.1) is 0 Å². The van der Waals surface area contributed by atoms with Crippen LogP contribution in [0.15, 0.2) is 16.9 Å². The smallest absolute Gasteiger partial charge is 0.251 e. The van der Waals surface area contributed by atoms with Gasteiger partial charge in [-0.25, -0.2) is 4.52 Å². The maximum Gasteiger partial charge on any atom is 0.251 e. The molecule has 0 aliphatic carbocycles. The van der Waals surface area contributed by atoms with Gasteiger partial charge in [-0.1, -0.05) is 0 Å². The topological polar surface area (TPSA) is 59.4 Å². The average Bonchev–Trinajstić information content (AvgIpc) is 2.45. The number of H-pyrrole nitrogens is 1. The lowest BCUT2D eigenvalue weighted by Gasteiger charge is -2.01. The molecule has 0 amide bonds. The zero-order chi connectivity index (χ0) is 10.1. The number of aromatic amines is 1. The van der Waals surface area contributed by atoms with Gasteiger partial charge in [0, 0.05) is 19.2 Å². The summed E-state index contributed by atoms with van der Waals surface area (Å²) in [4.78, 5) is 13.9. The highest BCUT2D eigenvalue weighted by molar-refractivity contribution is 5.39. The highest BCUT2D eigenvalue weighted by atomic mass is 16.5. The van der Waals surface area contributed by atoms with Crippen LogP contribution in [0.3, 0.4) is 0 Å². The Balaban J connectivity index is 2.72. The Kier molecular flexibility index (Phi) is 2.09. The minimum absolute atomic E-state index is 0.135. The predicted octanol–water partition coefficient (Wildman–Crippen LogP) is 0.477. The number of hydrogen-bond acceptors (Lipinski definition) is 3. The zero-order valence-corrected chi connectivity index (χ0v) is 8.07. The SMILES string of the molecule is COCc1cc(=O)[nH]c2cc(C)nn12. The molecule has 14 heavy (non-hydrogen) atoms. The Morgan fingerprint density at radius 3 is 3.07 bits per heavy atom. The fourth-order valence-corrected chi connectivity index (χ4v) is 1.43. The normalized spacial score (nSPS) is 11.0. The summed E-state index contributed by atoms with van der Waals surface area (Å²) in [6, 6.07) is 3.31. The van der Waals surface area contributed by atoms with Gasteiger partial charge in [-0.2, -0.15) is 5.10 Å². The standard InChI is InChI=1S/C9H11N3O2/c1-6-3-8-10-9(13)4-7(5-14-2)12(8)11-6/h3-4H,5H2,1-2H3,(H,10,13). The van der Waals surface area contributed by atoms with Crippen molar-refractivity contribution in [3.05, 3.63) is 33.9 Å². The van der Waals surface area contributed by atoms with Gasteiger partial charge in [-0.05, 0) is 6.92 Å². The monoisotopic (exact) mass is 193 g/mol. The van der Waals surface area contributed by atoms with E-state index in [9.17, 15) is 4.79 Å². The van der Waals surface area contributed by atoms with Crippen LogP contribution in [-0.4, -0.2) is 21.7 Å². The van der Waals surface area contributed by atoms with Crippen LogP contribution < -0.4 is 5.56 Å². The van der Waals surface area contributed by atoms with E-state index in [1.54, 1.807) is 11.6 Å². The Bertz CT molecular complexity index is 512. The Hall–Kier alpha value is -1.62. The van der Waals surface area contributed by atoms with Crippen molar-refractivity contribution in [1.29, 1.82) is 0 Å². The first-order chi connectivity index (χ1) is 6.70. The molecule has 2 aromatic rings. The highest BCUT2D eigenvalue weighted by Crippen LogP contribution is 2.04. The van der Waals surface area contributed by atoms with E-state index >= 15 is 0 Å². The molecule has 0 unspecified atom stereocenters. The molecule has 0 aromatic carbocycles. The minimum Gasteiger partial charge on any atom is -0.378 e. The number of aromatic nitrogens is 3. The molecule has 0 atom stereocenters. The molecule has 0 bridgehead atoms. The lowest BCUT2D eigenvalue weighted by Crippen LogP contribution is -2.12. The van der Waals surface area contributed by atoms with E-state index in [1.807, 2.05) is 13.0 Å². The lowest BCUT2D eigenvalue weighted by atomic mass is 10.4. The highest BCUT2D eigenvalue weighted by Gasteiger charge is 2.04. The summed E-state index contributed by atoms with van der Waals surface area (Å²) < 4.78 is 6.67. The molecule has 0 saturated heterocycles. The second-order valence-electron chi connectivity index (χ2n) is 3.14. The number of nitrogens with one attached hydrogen (secondary N) is 1. The van der Waals surface area contributed by atoms with Gasteiger partial charge in [0.05, 0.1) is 18.0 Å². The summed E-state index contributed by atoms with van der Waals surface area (Å²) in [7, 11) is 1.59. The van der Waals surface area contributed by atoms with Gasteiger partial charge in [0.15, 0.2) is 0 Å².